The van der Waals surface area contributed by atoms with E-state index in [4.69, 9.17) is 4.74 Å². The standard InChI is InChI=1S/C19H21F3O3/c20-19(21,22)15-7-3-4-13(10-15)8-9-18(14-5-1-2-6-14)12-16(23)11-17(24)25-18/h3-4,7,10,14H,1-2,5-6,8-9,11-12H2. The number of hydrogen-bond acceptors (Lipinski definition) is 3. The van der Waals surface area contributed by atoms with E-state index in [9.17, 15) is 22.8 Å². The minimum absolute atomic E-state index is 0.117. The molecule has 1 aromatic rings. The van der Waals surface area contributed by atoms with Crippen LogP contribution in [0.3, 0.4) is 0 Å². The van der Waals surface area contributed by atoms with Crippen LogP contribution >= 0.6 is 0 Å². The highest BCUT2D eigenvalue weighted by molar-refractivity contribution is 5.98. The minimum atomic E-state index is -4.38. The smallest absolute Gasteiger partial charge is 0.416 e. The van der Waals surface area contributed by atoms with Gasteiger partial charge in [0.1, 0.15) is 17.8 Å². The Morgan fingerprint density at radius 2 is 1.88 bits per heavy atom. The van der Waals surface area contributed by atoms with E-state index < -0.39 is 23.3 Å². The zero-order chi connectivity index (χ0) is 18.1. The van der Waals surface area contributed by atoms with Gasteiger partial charge in [-0.2, -0.15) is 13.2 Å². The second kappa shape index (κ2) is 6.81. The minimum Gasteiger partial charge on any atom is -0.458 e. The Morgan fingerprint density at radius 1 is 1.16 bits per heavy atom. The number of rotatable bonds is 4. The van der Waals surface area contributed by atoms with Crippen molar-refractivity contribution in [3.05, 3.63) is 35.4 Å². The maximum atomic E-state index is 12.9. The summed E-state index contributed by atoms with van der Waals surface area (Å²) in [6, 6.07) is 5.21. The van der Waals surface area contributed by atoms with E-state index in [1.807, 2.05) is 0 Å². The summed E-state index contributed by atoms with van der Waals surface area (Å²) in [6.45, 7) is 0. The Bertz CT molecular complexity index is 644. The molecule has 1 aromatic carbocycles. The Balaban J connectivity index is 1.79. The molecule has 1 unspecified atom stereocenters. The topological polar surface area (TPSA) is 43.4 Å². The van der Waals surface area contributed by atoms with Crippen LogP contribution in [0.5, 0.6) is 0 Å². The molecule has 1 atom stereocenters. The van der Waals surface area contributed by atoms with Crippen LogP contribution in [-0.2, 0) is 26.9 Å². The van der Waals surface area contributed by atoms with Crippen LogP contribution in [0.4, 0.5) is 13.2 Å². The monoisotopic (exact) mass is 354 g/mol. The molecule has 0 spiro atoms. The van der Waals surface area contributed by atoms with Crippen LogP contribution < -0.4 is 0 Å². The molecule has 1 heterocycles. The molecule has 0 radical (unpaired) electrons. The maximum Gasteiger partial charge on any atom is 0.416 e. The molecule has 0 N–H and O–H groups in total. The Kier molecular flexibility index (Phi) is 4.89. The molecule has 3 rings (SSSR count). The van der Waals surface area contributed by atoms with Crippen LogP contribution in [0.25, 0.3) is 0 Å². The van der Waals surface area contributed by atoms with Crippen molar-refractivity contribution in [1.82, 2.24) is 0 Å². The van der Waals surface area contributed by atoms with Gasteiger partial charge in [-0.3, -0.25) is 9.59 Å². The van der Waals surface area contributed by atoms with Crippen LogP contribution in [-0.4, -0.2) is 17.4 Å². The van der Waals surface area contributed by atoms with E-state index in [-0.39, 0.29) is 24.5 Å². The highest BCUT2D eigenvalue weighted by atomic mass is 19.4. The first-order valence-corrected chi connectivity index (χ1v) is 8.68. The normalized spacial score (nSPS) is 25.2. The van der Waals surface area contributed by atoms with Gasteiger partial charge in [0, 0.05) is 6.42 Å². The zero-order valence-corrected chi connectivity index (χ0v) is 13.9. The quantitative estimate of drug-likeness (QED) is 0.592. The van der Waals surface area contributed by atoms with Crippen LogP contribution in [0.15, 0.2) is 24.3 Å². The van der Waals surface area contributed by atoms with Crippen molar-refractivity contribution < 1.29 is 27.5 Å². The van der Waals surface area contributed by atoms with Crippen molar-refractivity contribution in [1.29, 1.82) is 0 Å². The van der Waals surface area contributed by atoms with Gasteiger partial charge in [-0.05, 0) is 43.2 Å². The lowest BCUT2D eigenvalue weighted by Crippen LogP contribution is -2.48. The van der Waals surface area contributed by atoms with Gasteiger partial charge in [0.15, 0.2) is 0 Å². The Labute approximate surface area is 144 Å². The van der Waals surface area contributed by atoms with Gasteiger partial charge in [0.25, 0.3) is 0 Å². The van der Waals surface area contributed by atoms with Crippen LogP contribution in [0, 0.1) is 5.92 Å². The Hall–Kier alpha value is -1.85. The number of alkyl halides is 3. The van der Waals surface area contributed by atoms with Crippen molar-refractivity contribution in [3.8, 4) is 0 Å². The highest BCUT2D eigenvalue weighted by Gasteiger charge is 2.47. The largest absolute Gasteiger partial charge is 0.458 e. The van der Waals surface area contributed by atoms with Gasteiger partial charge in [0.2, 0.25) is 0 Å². The van der Waals surface area contributed by atoms with Crippen molar-refractivity contribution in [2.45, 2.75) is 63.1 Å². The van der Waals surface area contributed by atoms with Crippen LogP contribution in [0.1, 0.15) is 56.1 Å². The van der Waals surface area contributed by atoms with Gasteiger partial charge < -0.3 is 4.74 Å². The Morgan fingerprint density at radius 3 is 2.52 bits per heavy atom. The molecule has 25 heavy (non-hydrogen) atoms. The lowest BCUT2D eigenvalue weighted by atomic mass is 9.76. The fourth-order valence-electron chi connectivity index (χ4n) is 4.14. The van der Waals surface area contributed by atoms with E-state index in [0.29, 0.717) is 18.4 Å². The zero-order valence-electron chi connectivity index (χ0n) is 13.9. The van der Waals surface area contributed by atoms with Crippen molar-refractivity contribution in [3.63, 3.8) is 0 Å². The number of ether oxygens (including phenoxy) is 1. The molecule has 0 amide bonds. The third-order valence-corrected chi connectivity index (χ3v) is 5.35. The third-order valence-electron chi connectivity index (χ3n) is 5.35. The molecule has 136 valence electrons. The summed E-state index contributed by atoms with van der Waals surface area (Å²) in [5, 5.41) is 0. The van der Waals surface area contributed by atoms with E-state index in [0.717, 1.165) is 37.8 Å². The van der Waals surface area contributed by atoms with Gasteiger partial charge in [-0.1, -0.05) is 31.0 Å². The summed E-state index contributed by atoms with van der Waals surface area (Å²) < 4.78 is 44.3. The summed E-state index contributed by atoms with van der Waals surface area (Å²) in [5.41, 5.74) is -0.991. The van der Waals surface area contributed by atoms with Crippen molar-refractivity contribution in [2.24, 2.45) is 5.92 Å². The summed E-state index contributed by atoms with van der Waals surface area (Å²) in [4.78, 5) is 23.8. The number of benzene rings is 1. The van der Waals surface area contributed by atoms with Gasteiger partial charge >= 0.3 is 12.1 Å². The average molecular weight is 354 g/mol. The first-order valence-electron chi connectivity index (χ1n) is 8.68. The van der Waals surface area contributed by atoms with E-state index >= 15 is 0 Å². The predicted molar refractivity (Wildman–Crippen MR) is 84.8 cm³/mol. The predicted octanol–water partition coefficient (Wildman–Crippen LogP) is 4.47. The van der Waals surface area contributed by atoms with E-state index in [1.54, 1.807) is 6.07 Å². The molecule has 2 aliphatic rings. The fourth-order valence-corrected chi connectivity index (χ4v) is 4.14. The molecule has 6 heteroatoms. The van der Waals surface area contributed by atoms with Gasteiger partial charge in [0.05, 0.1) is 5.56 Å². The highest BCUT2D eigenvalue weighted by Crippen LogP contribution is 2.44. The summed E-state index contributed by atoms with van der Waals surface area (Å²) >= 11 is 0. The SMILES string of the molecule is O=C1CC(=O)OC(CCc2cccc(C(F)(F)F)c2)(C2CCCC2)C1. The van der Waals surface area contributed by atoms with Crippen molar-refractivity contribution >= 4 is 11.8 Å². The number of esters is 1. The lowest BCUT2D eigenvalue weighted by Gasteiger charge is -2.41. The molecule has 0 bridgehead atoms. The number of Topliss-reactive ketones (excluding diaryl/α,β-unsaturated/α-hetero) is 1. The number of halogens is 3. The molecule has 1 aliphatic carbocycles. The molecule has 2 fully saturated rings. The summed E-state index contributed by atoms with van der Waals surface area (Å²) in [6.07, 6.45) is 0.181. The number of aryl methyl sites for hydroxylation is 1. The molecule has 1 saturated heterocycles. The molecule has 1 aliphatic heterocycles. The first-order chi connectivity index (χ1) is 11.8. The molecule has 1 saturated carbocycles. The van der Waals surface area contributed by atoms with Gasteiger partial charge in [-0.15, -0.1) is 0 Å². The first kappa shape index (κ1) is 18.0. The second-order valence-corrected chi connectivity index (χ2v) is 7.11. The maximum absolute atomic E-state index is 12.9. The number of carbonyl (C=O) groups excluding carboxylic acids is 2. The number of hydrogen-bond donors (Lipinski definition) is 0. The lowest BCUT2D eigenvalue weighted by molar-refractivity contribution is -0.178. The average Bonchev–Trinajstić information content (AvgIpc) is 3.07. The molecular formula is C19H21F3O3. The van der Waals surface area contributed by atoms with Crippen LogP contribution in [0.2, 0.25) is 0 Å². The fraction of sp³-hybridized carbons (Fsp3) is 0.579. The van der Waals surface area contributed by atoms with Crippen molar-refractivity contribution in [2.75, 3.05) is 0 Å². The van der Waals surface area contributed by atoms with E-state index in [2.05, 4.69) is 0 Å². The molecule has 0 aromatic heterocycles. The summed E-state index contributed by atoms with van der Waals surface area (Å²) in [7, 11) is 0. The summed E-state index contributed by atoms with van der Waals surface area (Å²) in [5.74, 6) is -0.522. The second-order valence-electron chi connectivity index (χ2n) is 7.11. The number of cyclic esters (lactones) is 1. The molecular weight excluding hydrogens is 333 g/mol. The number of ketones is 1. The number of carbonyl (C=O) groups is 2. The molecule has 3 nitrogen and oxygen atoms in total. The third kappa shape index (κ3) is 4.05. The van der Waals surface area contributed by atoms with E-state index in [1.165, 1.54) is 6.07 Å². The van der Waals surface area contributed by atoms with Gasteiger partial charge in [-0.25, -0.2) is 0 Å².